The van der Waals surface area contributed by atoms with Gasteiger partial charge >= 0.3 is 0 Å². The summed E-state index contributed by atoms with van der Waals surface area (Å²) in [7, 11) is 0. The predicted octanol–water partition coefficient (Wildman–Crippen LogP) is 3.38. The molecule has 26 heavy (non-hydrogen) atoms. The van der Waals surface area contributed by atoms with Crippen molar-refractivity contribution in [2.75, 3.05) is 19.6 Å². The van der Waals surface area contributed by atoms with Crippen molar-refractivity contribution in [1.29, 1.82) is 0 Å². The molecule has 2 rings (SSSR count). The van der Waals surface area contributed by atoms with Crippen LogP contribution in [-0.2, 0) is 9.59 Å². The van der Waals surface area contributed by atoms with Gasteiger partial charge in [-0.2, -0.15) is 0 Å². The molecule has 2 fully saturated rings. The number of nitrogens with zero attached hydrogens (tertiary/aromatic N) is 1. The fourth-order valence-electron chi connectivity index (χ4n) is 3.94. The molecule has 0 radical (unpaired) electrons. The van der Waals surface area contributed by atoms with E-state index in [-0.39, 0.29) is 23.9 Å². The number of unbranched alkanes of at least 4 members (excludes halogenated alkanes) is 9. The van der Waals surface area contributed by atoms with E-state index in [1.54, 1.807) is 4.90 Å². The van der Waals surface area contributed by atoms with Crippen LogP contribution in [0.1, 0.15) is 90.4 Å². The summed E-state index contributed by atoms with van der Waals surface area (Å²) in [6.45, 7) is 4.65. The zero-order valence-corrected chi connectivity index (χ0v) is 16.7. The highest BCUT2D eigenvalue weighted by molar-refractivity contribution is 5.90. The molecule has 150 valence electrons. The summed E-state index contributed by atoms with van der Waals surface area (Å²) in [5.74, 6) is 0.166. The van der Waals surface area contributed by atoms with Gasteiger partial charge in [-0.1, -0.05) is 64.7 Å². The number of likely N-dealkylation sites (tertiary alicyclic amines) is 1. The van der Waals surface area contributed by atoms with Gasteiger partial charge in [0.15, 0.2) is 0 Å². The molecule has 2 saturated heterocycles. The largest absolute Gasteiger partial charge is 0.354 e. The standard InChI is InChI=1S/C21H39N3O2/c1-2-3-4-5-6-7-8-9-10-11-15-23-20(25)19-13-12-17-24(19)21(26)18-14-16-22-18/h18-19,22H,2-17H2,1H3,(H,23,25). The van der Waals surface area contributed by atoms with Gasteiger partial charge in [0.1, 0.15) is 6.04 Å². The van der Waals surface area contributed by atoms with Gasteiger partial charge in [0, 0.05) is 13.1 Å². The molecule has 2 aliphatic rings. The van der Waals surface area contributed by atoms with Crippen molar-refractivity contribution < 1.29 is 9.59 Å². The van der Waals surface area contributed by atoms with E-state index in [0.717, 1.165) is 45.3 Å². The van der Waals surface area contributed by atoms with Gasteiger partial charge in [0.25, 0.3) is 0 Å². The van der Waals surface area contributed by atoms with Gasteiger partial charge < -0.3 is 15.5 Å². The van der Waals surface area contributed by atoms with Crippen LogP contribution >= 0.6 is 0 Å². The second-order valence-corrected chi connectivity index (χ2v) is 7.96. The molecule has 2 unspecified atom stereocenters. The van der Waals surface area contributed by atoms with E-state index < -0.39 is 0 Å². The molecule has 0 spiro atoms. The van der Waals surface area contributed by atoms with Crippen LogP contribution < -0.4 is 10.6 Å². The number of carbonyl (C=O) groups is 2. The minimum absolute atomic E-state index is 0.0473. The Morgan fingerprint density at radius 3 is 2.15 bits per heavy atom. The van der Waals surface area contributed by atoms with Crippen molar-refractivity contribution in [2.45, 2.75) is 102 Å². The molecule has 0 aliphatic carbocycles. The van der Waals surface area contributed by atoms with E-state index in [2.05, 4.69) is 17.6 Å². The van der Waals surface area contributed by atoms with Crippen molar-refractivity contribution in [1.82, 2.24) is 15.5 Å². The zero-order chi connectivity index (χ0) is 18.6. The second-order valence-electron chi connectivity index (χ2n) is 7.96. The molecule has 2 atom stereocenters. The number of carbonyl (C=O) groups excluding carboxylic acids is 2. The van der Waals surface area contributed by atoms with Crippen LogP contribution in [0.3, 0.4) is 0 Å². The summed E-state index contributed by atoms with van der Waals surface area (Å²) >= 11 is 0. The molecule has 0 aromatic rings. The molecule has 5 nitrogen and oxygen atoms in total. The first-order valence-electron chi connectivity index (χ1n) is 11.1. The monoisotopic (exact) mass is 365 g/mol. The lowest BCUT2D eigenvalue weighted by Crippen LogP contribution is -2.57. The van der Waals surface area contributed by atoms with Crippen LogP contribution in [-0.4, -0.2) is 48.4 Å². The third-order valence-electron chi connectivity index (χ3n) is 5.79. The van der Waals surface area contributed by atoms with E-state index in [1.807, 2.05) is 0 Å². The van der Waals surface area contributed by atoms with Gasteiger partial charge in [-0.05, 0) is 32.2 Å². The summed E-state index contributed by atoms with van der Waals surface area (Å²) in [6, 6.07) is -0.293. The van der Waals surface area contributed by atoms with Crippen LogP contribution in [0.15, 0.2) is 0 Å². The molecule has 5 heteroatoms. The predicted molar refractivity (Wildman–Crippen MR) is 106 cm³/mol. The van der Waals surface area contributed by atoms with E-state index >= 15 is 0 Å². The van der Waals surface area contributed by atoms with E-state index in [1.165, 1.54) is 57.8 Å². The summed E-state index contributed by atoms with van der Waals surface area (Å²) in [5.41, 5.74) is 0. The second kappa shape index (κ2) is 12.3. The maximum atomic E-state index is 12.4. The summed E-state index contributed by atoms with van der Waals surface area (Å²) in [4.78, 5) is 26.6. The Morgan fingerprint density at radius 1 is 0.962 bits per heavy atom. The van der Waals surface area contributed by atoms with Crippen LogP contribution in [0.4, 0.5) is 0 Å². The Morgan fingerprint density at radius 2 is 1.58 bits per heavy atom. The van der Waals surface area contributed by atoms with E-state index in [0.29, 0.717) is 0 Å². The van der Waals surface area contributed by atoms with Crippen LogP contribution in [0.2, 0.25) is 0 Å². The Bertz CT molecular complexity index is 423. The minimum atomic E-state index is -0.243. The molecule has 0 saturated carbocycles. The van der Waals surface area contributed by atoms with Crippen molar-refractivity contribution in [2.24, 2.45) is 0 Å². The lowest BCUT2D eigenvalue weighted by Gasteiger charge is -2.33. The average Bonchev–Trinajstić information content (AvgIpc) is 3.08. The van der Waals surface area contributed by atoms with Crippen molar-refractivity contribution >= 4 is 11.8 Å². The van der Waals surface area contributed by atoms with Crippen molar-refractivity contribution in [3.8, 4) is 0 Å². The van der Waals surface area contributed by atoms with Gasteiger partial charge in [0.2, 0.25) is 11.8 Å². The highest BCUT2D eigenvalue weighted by Gasteiger charge is 2.38. The van der Waals surface area contributed by atoms with E-state index in [9.17, 15) is 9.59 Å². The first kappa shape index (κ1) is 21.2. The molecule has 0 aromatic carbocycles. The maximum absolute atomic E-state index is 12.4. The summed E-state index contributed by atoms with van der Waals surface area (Å²) in [5, 5.41) is 6.21. The number of rotatable bonds is 13. The highest BCUT2D eigenvalue weighted by atomic mass is 16.2. The van der Waals surface area contributed by atoms with E-state index in [4.69, 9.17) is 0 Å². The number of amides is 2. The molecular formula is C21H39N3O2. The Hall–Kier alpha value is -1.10. The molecule has 2 N–H and O–H groups in total. The molecule has 0 aromatic heterocycles. The maximum Gasteiger partial charge on any atom is 0.242 e. The third kappa shape index (κ3) is 6.90. The SMILES string of the molecule is CCCCCCCCCCCCNC(=O)C1CCCN1C(=O)C1CCN1. The normalized spacial score (nSPS) is 22.3. The highest BCUT2D eigenvalue weighted by Crippen LogP contribution is 2.20. The van der Waals surface area contributed by atoms with Crippen molar-refractivity contribution in [3.05, 3.63) is 0 Å². The number of hydrogen-bond donors (Lipinski definition) is 2. The average molecular weight is 366 g/mol. The van der Waals surface area contributed by atoms with Gasteiger partial charge in [-0.15, -0.1) is 0 Å². The smallest absolute Gasteiger partial charge is 0.242 e. The topological polar surface area (TPSA) is 61.4 Å². The van der Waals surface area contributed by atoms with Gasteiger partial charge in [0.05, 0.1) is 6.04 Å². The van der Waals surface area contributed by atoms with Crippen LogP contribution in [0.25, 0.3) is 0 Å². The molecule has 2 aliphatic heterocycles. The zero-order valence-electron chi connectivity index (χ0n) is 16.7. The number of hydrogen-bond acceptors (Lipinski definition) is 3. The lowest BCUT2D eigenvalue weighted by atomic mass is 10.1. The Kier molecular flexibility index (Phi) is 10.0. The van der Waals surface area contributed by atoms with Gasteiger partial charge in [-0.25, -0.2) is 0 Å². The summed E-state index contributed by atoms with van der Waals surface area (Å²) < 4.78 is 0. The van der Waals surface area contributed by atoms with Gasteiger partial charge in [-0.3, -0.25) is 9.59 Å². The quantitative estimate of drug-likeness (QED) is 0.492. The first-order valence-corrected chi connectivity index (χ1v) is 11.1. The fraction of sp³-hybridized carbons (Fsp3) is 0.905. The molecular weight excluding hydrogens is 326 g/mol. The number of nitrogens with one attached hydrogen (secondary N) is 2. The summed E-state index contributed by atoms with van der Waals surface area (Å²) in [6.07, 6.45) is 15.7. The molecule has 2 amide bonds. The minimum Gasteiger partial charge on any atom is -0.354 e. The first-order chi connectivity index (χ1) is 12.7. The van der Waals surface area contributed by atoms with Crippen LogP contribution in [0.5, 0.6) is 0 Å². The Balaban J connectivity index is 1.48. The van der Waals surface area contributed by atoms with Crippen molar-refractivity contribution in [3.63, 3.8) is 0 Å². The third-order valence-corrected chi connectivity index (χ3v) is 5.79. The molecule has 2 heterocycles. The lowest BCUT2D eigenvalue weighted by molar-refractivity contribution is -0.141. The van der Waals surface area contributed by atoms with Crippen LogP contribution in [0, 0.1) is 0 Å². The molecule has 0 bridgehead atoms. The fourth-order valence-corrected chi connectivity index (χ4v) is 3.94. The Labute approximate surface area is 159 Å².